The molecule has 184 valence electrons. The molecular formula is C27H26F2N6O. The van der Waals surface area contributed by atoms with Gasteiger partial charge in [0, 0.05) is 54.3 Å². The molecule has 4 aromatic rings. The molecule has 2 N–H and O–H groups in total. The van der Waals surface area contributed by atoms with Crippen LogP contribution in [0.2, 0.25) is 0 Å². The Balaban J connectivity index is 1.20. The summed E-state index contributed by atoms with van der Waals surface area (Å²) in [5.41, 5.74) is 3.95. The number of nitrogens with zero attached hydrogens (tertiary/aromatic N) is 4. The quantitative estimate of drug-likeness (QED) is 0.394. The molecule has 0 unspecified atom stereocenters. The zero-order valence-electron chi connectivity index (χ0n) is 19.6. The number of hydrogen-bond acceptors (Lipinski definition) is 5. The number of aromatic nitrogens is 3. The summed E-state index contributed by atoms with van der Waals surface area (Å²) in [6.07, 6.45) is 3.55. The van der Waals surface area contributed by atoms with E-state index < -0.39 is 6.17 Å². The van der Waals surface area contributed by atoms with Gasteiger partial charge in [0.05, 0.1) is 0 Å². The van der Waals surface area contributed by atoms with E-state index in [0.29, 0.717) is 60.4 Å². The highest BCUT2D eigenvalue weighted by Gasteiger charge is 2.24. The second-order valence-electron chi connectivity index (χ2n) is 9.50. The van der Waals surface area contributed by atoms with Gasteiger partial charge in [0.2, 0.25) is 5.95 Å². The molecule has 1 atom stereocenters. The largest absolute Gasteiger partial charge is 0.349 e. The summed E-state index contributed by atoms with van der Waals surface area (Å²) in [4.78, 5) is 18.8. The normalized spacial score (nSPS) is 18.0. The summed E-state index contributed by atoms with van der Waals surface area (Å²) in [5, 5.41) is 10.6. The number of alkyl halides is 1. The third-order valence-corrected chi connectivity index (χ3v) is 6.65. The highest BCUT2D eigenvalue weighted by atomic mass is 19.1. The number of likely N-dealkylation sites (tertiary alicyclic amines) is 1. The number of anilines is 2. The van der Waals surface area contributed by atoms with Crippen LogP contribution in [0.3, 0.4) is 0 Å². The Bertz CT molecular complexity index is 1420. The Morgan fingerprint density at radius 2 is 1.92 bits per heavy atom. The molecule has 0 spiro atoms. The van der Waals surface area contributed by atoms with Crippen LogP contribution in [0.15, 0.2) is 60.8 Å². The van der Waals surface area contributed by atoms with Crippen LogP contribution < -0.4 is 10.6 Å². The maximum atomic E-state index is 14.9. The predicted octanol–water partition coefficient (Wildman–Crippen LogP) is 4.72. The van der Waals surface area contributed by atoms with Crippen LogP contribution in [-0.4, -0.2) is 50.7 Å². The van der Waals surface area contributed by atoms with E-state index in [0.717, 1.165) is 24.1 Å². The van der Waals surface area contributed by atoms with Crippen LogP contribution >= 0.6 is 0 Å². The SMILES string of the molecule is O=C(NC1CC1)c1ccc(Nc2nc3c(-c4ccc(CN5CC[C@H](F)C5)c(F)c4)cccn3n2)cc1. The number of amides is 1. The molecule has 1 aliphatic carbocycles. The highest BCUT2D eigenvalue weighted by molar-refractivity contribution is 5.95. The topological polar surface area (TPSA) is 74.6 Å². The molecule has 2 fully saturated rings. The molecule has 0 bridgehead atoms. The van der Waals surface area contributed by atoms with Crippen molar-refractivity contribution in [1.82, 2.24) is 24.8 Å². The number of hydrogen-bond donors (Lipinski definition) is 2. The molecular weight excluding hydrogens is 462 g/mol. The lowest BCUT2D eigenvalue weighted by Crippen LogP contribution is -2.25. The summed E-state index contributed by atoms with van der Waals surface area (Å²) in [6, 6.07) is 16.3. The summed E-state index contributed by atoms with van der Waals surface area (Å²) >= 11 is 0. The molecule has 1 amide bonds. The molecule has 36 heavy (non-hydrogen) atoms. The Kier molecular flexibility index (Phi) is 5.85. The molecule has 9 heteroatoms. The number of fused-ring (bicyclic) bond motifs is 1. The van der Waals surface area contributed by atoms with E-state index in [1.54, 1.807) is 28.9 Å². The first-order valence-corrected chi connectivity index (χ1v) is 12.2. The van der Waals surface area contributed by atoms with E-state index in [1.807, 2.05) is 35.2 Å². The van der Waals surface area contributed by atoms with Crippen molar-refractivity contribution in [3.63, 3.8) is 0 Å². The third kappa shape index (κ3) is 4.79. The average Bonchev–Trinajstić information content (AvgIpc) is 3.44. The van der Waals surface area contributed by atoms with Crippen molar-refractivity contribution in [2.75, 3.05) is 18.4 Å². The van der Waals surface area contributed by atoms with Crippen molar-refractivity contribution in [2.24, 2.45) is 0 Å². The molecule has 3 heterocycles. The van der Waals surface area contributed by atoms with Crippen molar-refractivity contribution >= 4 is 23.2 Å². The molecule has 0 radical (unpaired) electrons. The standard InChI is InChI=1S/C27H26F2N6O/c28-20-11-13-34(16-20)15-19-4-3-18(14-24(19)29)23-2-1-12-35-25(23)32-27(33-35)31-22-7-5-17(6-8-22)26(36)30-21-9-10-21/h1-8,12,14,20-21H,9-11,13,15-16H2,(H,30,36)(H,31,33)/t20-/m0/s1. The van der Waals surface area contributed by atoms with Gasteiger partial charge in [0.25, 0.3) is 5.91 Å². The van der Waals surface area contributed by atoms with Crippen molar-refractivity contribution in [3.05, 3.63) is 77.7 Å². The van der Waals surface area contributed by atoms with E-state index in [9.17, 15) is 13.6 Å². The zero-order chi connectivity index (χ0) is 24.6. The van der Waals surface area contributed by atoms with Gasteiger partial charge in [-0.3, -0.25) is 9.69 Å². The Morgan fingerprint density at radius 3 is 2.64 bits per heavy atom. The molecule has 7 nitrogen and oxygen atoms in total. The van der Waals surface area contributed by atoms with Crippen LogP contribution in [0.5, 0.6) is 0 Å². The highest BCUT2D eigenvalue weighted by Crippen LogP contribution is 2.28. The lowest BCUT2D eigenvalue weighted by atomic mass is 10.0. The zero-order valence-corrected chi connectivity index (χ0v) is 19.6. The molecule has 1 saturated carbocycles. The lowest BCUT2D eigenvalue weighted by molar-refractivity contribution is 0.0951. The monoisotopic (exact) mass is 488 g/mol. The Morgan fingerprint density at radius 1 is 1.08 bits per heavy atom. The summed E-state index contributed by atoms with van der Waals surface area (Å²) in [6.45, 7) is 1.40. The van der Waals surface area contributed by atoms with E-state index in [2.05, 4.69) is 20.7 Å². The van der Waals surface area contributed by atoms with Gasteiger partial charge in [0.1, 0.15) is 12.0 Å². The van der Waals surface area contributed by atoms with Crippen LogP contribution in [0.4, 0.5) is 20.4 Å². The van der Waals surface area contributed by atoms with E-state index in [-0.39, 0.29) is 11.7 Å². The van der Waals surface area contributed by atoms with Gasteiger partial charge in [-0.15, -0.1) is 5.10 Å². The van der Waals surface area contributed by atoms with Gasteiger partial charge in [-0.05, 0) is 67.3 Å². The van der Waals surface area contributed by atoms with Gasteiger partial charge in [-0.25, -0.2) is 13.3 Å². The van der Waals surface area contributed by atoms with Crippen molar-refractivity contribution in [3.8, 4) is 11.1 Å². The smallest absolute Gasteiger partial charge is 0.251 e. The first-order valence-electron chi connectivity index (χ1n) is 12.2. The second-order valence-corrected chi connectivity index (χ2v) is 9.50. The molecule has 1 saturated heterocycles. The fraction of sp³-hybridized carbons (Fsp3) is 0.296. The Labute approximate surface area is 207 Å². The fourth-order valence-corrected chi connectivity index (χ4v) is 4.53. The van der Waals surface area contributed by atoms with E-state index in [1.165, 1.54) is 6.07 Å². The van der Waals surface area contributed by atoms with Crippen LogP contribution in [0.1, 0.15) is 35.2 Å². The van der Waals surface area contributed by atoms with Crippen LogP contribution in [0, 0.1) is 5.82 Å². The molecule has 2 aromatic carbocycles. The maximum Gasteiger partial charge on any atom is 0.251 e. The van der Waals surface area contributed by atoms with E-state index >= 15 is 0 Å². The number of nitrogens with one attached hydrogen (secondary N) is 2. The van der Waals surface area contributed by atoms with E-state index in [4.69, 9.17) is 0 Å². The summed E-state index contributed by atoms with van der Waals surface area (Å²) in [5.74, 6) is 0.00913. The average molecular weight is 489 g/mol. The van der Waals surface area contributed by atoms with Gasteiger partial charge in [0.15, 0.2) is 5.65 Å². The minimum absolute atomic E-state index is 0.0650. The first-order chi connectivity index (χ1) is 17.5. The molecule has 6 rings (SSSR count). The number of pyridine rings is 1. The van der Waals surface area contributed by atoms with Crippen molar-refractivity contribution in [1.29, 1.82) is 0 Å². The number of benzene rings is 2. The van der Waals surface area contributed by atoms with Crippen LogP contribution in [-0.2, 0) is 6.54 Å². The van der Waals surface area contributed by atoms with Crippen LogP contribution in [0.25, 0.3) is 16.8 Å². The minimum atomic E-state index is -0.828. The maximum absolute atomic E-state index is 14.9. The van der Waals surface area contributed by atoms with Gasteiger partial charge in [-0.2, -0.15) is 4.98 Å². The first kappa shape index (κ1) is 22.6. The van der Waals surface area contributed by atoms with Gasteiger partial charge >= 0.3 is 0 Å². The molecule has 2 aromatic heterocycles. The van der Waals surface area contributed by atoms with Gasteiger partial charge in [-0.1, -0.05) is 12.1 Å². The predicted molar refractivity (Wildman–Crippen MR) is 133 cm³/mol. The molecule has 2 aliphatic rings. The lowest BCUT2D eigenvalue weighted by Gasteiger charge is -2.15. The summed E-state index contributed by atoms with van der Waals surface area (Å²) in [7, 11) is 0. The van der Waals surface area contributed by atoms with Crippen molar-refractivity contribution < 1.29 is 13.6 Å². The number of carbonyl (C=O) groups excluding carboxylic acids is 1. The number of halogens is 2. The number of carbonyl (C=O) groups is 1. The second kappa shape index (κ2) is 9.31. The van der Waals surface area contributed by atoms with Gasteiger partial charge < -0.3 is 10.6 Å². The van der Waals surface area contributed by atoms with Crippen molar-refractivity contribution in [2.45, 2.75) is 38.0 Å². The minimum Gasteiger partial charge on any atom is -0.349 e. The summed E-state index contributed by atoms with van der Waals surface area (Å²) < 4.78 is 30.1. The number of rotatable bonds is 7. The fourth-order valence-electron chi connectivity index (χ4n) is 4.53. The Hall–Kier alpha value is -3.85. The molecule has 1 aliphatic heterocycles. The third-order valence-electron chi connectivity index (χ3n) is 6.65.